The van der Waals surface area contributed by atoms with Crippen molar-refractivity contribution in [3.63, 3.8) is 0 Å². The minimum atomic E-state index is -0.0000926. The summed E-state index contributed by atoms with van der Waals surface area (Å²) in [6.07, 6.45) is 2.68. The molecule has 2 heterocycles. The summed E-state index contributed by atoms with van der Waals surface area (Å²) in [5.74, 6) is 2.52. The van der Waals surface area contributed by atoms with Crippen LogP contribution in [0, 0.1) is 5.92 Å². The molecule has 2 N–H and O–H groups in total. The summed E-state index contributed by atoms with van der Waals surface area (Å²) in [7, 11) is 0. The van der Waals surface area contributed by atoms with Crippen LogP contribution in [-0.4, -0.2) is 32.3 Å². The first-order valence-electron chi connectivity index (χ1n) is 9.15. The van der Waals surface area contributed by atoms with E-state index < -0.39 is 0 Å². The maximum atomic E-state index is 5.53. The van der Waals surface area contributed by atoms with Gasteiger partial charge in [0.15, 0.2) is 11.5 Å². The third kappa shape index (κ3) is 6.80. The monoisotopic (exact) mass is 412 g/mol. The molecule has 4 nitrogen and oxygen atoms in total. The summed E-state index contributed by atoms with van der Waals surface area (Å²) in [6, 6.07) is 18.3. The Labute approximate surface area is 174 Å². The van der Waals surface area contributed by atoms with Crippen LogP contribution >= 0.6 is 24.8 Å². The molecule has 0 bridgehead atoms. The number of benzene rings is 2. The Balaban J connectivity index is 0.000000252. The molecule has 0 aromatic heterocycles. The fraction of sp³-hybridized carbons (Fsp3) is 0.429. The Morgan fingerprint density at radius 1 is 0.926 bits per heavy atom. The number of rotatable bonds is 2. The van der Waals surface area contributed by atoms with Crippen LogP contribution in [0.5, 0.6) is 11.5 Å². The standard InChI is InChI=1S/C12H17N.C9H11NO2.2ClH/c1-11-7-9-13(10-8-11)12-5-3-2-4-6-12;10-5-7-6-11-8-3-1-2-4-9(8)12-7;;/h2-6,11H,7-10H2,1H3;1-4,7H,5-6,10H2;2*1H. The summed E-state index contributed by atoms with van der Waals surface area (Å²) in [6.45, 7) is 5.85. The van der Waals surface area contributed by atoms with E-state index in [1.807, 2.05) is 24.3 Å². The first-order chi connectivity index (χ1) is 12.3. The van der Waals surface area contributed by atoms with Gasteiger partial charge in [0.05, 0.1) is 0 Å². The van der Waals surface area contributed by atoms with E-state index in [9.17, 15) is 0 Å². The smallest absolute Gasteiger partial charge is 0.161 e. The Hall–Kier alpha value is -1.62. The van der Waals surface area contributed by atoms with Crippen LogP contribution in [0.1, 0.15) is 19.8 Å². The lowest BCUT2D eigenvalue weighted by atomic mass is 9.99. The molecule has 0 aliphatic carbocycles. The third-order valence-electron chi connectivity index (χ3n) is 4.74. The first kappa shape index (κ1) is 23.4. The Kier molecular flexibility index (Phi) is 10.4. The van der Waals surface area contributed by atoms with Crippen molar-refractivity contribution < 1.29 is 9.47 Å². The van der Waals surface area contributed by atoms with Crippen LogP contribution in [0.4, 0.5) is 5.69 Å². The highest BCUT2D eigenvalue weighted by Gasteiger charge is 2.18. The van der Waals surface area contributed by atoms with Crippen LogP contribution in [-0.2, 0) is 0 Å². The Morgan fingerprint density at radius 2 is 1.52 bits per heavy atom. The number of halogens is 2. The van der Waals surface area contributed by atoms with E-state index in [0.29, 0.717) is 13.2 Å². The maximum absolute atomic E-state index is 5.53. The van der Waals surface area contributed by atoms with E-state index in [2.05, 4.69) is 42.2 Å². The largest absolute Gasteiger partial charge is 0.486 e. The predicted molar refractivity (Wildman–Crippen MR) is 117 cm³/mol. The zero-order valence-electron chi connectivity index (χ0n) is 15.8. The molecule has 1 fully saturated rings. The number of hydrogen-bond acceptors (Lipinski definition) is 4. The van der Waals surface area contributed by atoms with E-state index in [0.717, 1.165) is 17.4 Å². The van der Waals surface area contributed by atoms with Crippen molar-refractivity contribution in [2.45, 2.75) is 25.9 Å². The zero-order chi connectivity index (χ0) is 17.5. The summed E-state index contributed by atoms with van der Waals surface area (Å²) >= 11 is 0. The van der Waals surface area contributed by atoms with Crippen molar-refractivity contribution in [3.8, 4) is 11.5 Å². The van der Waals surface area contributed by atoms with Gasteiger partial charge in [0.1, 0.15) is 12.7 Å². The lowest BCUT2D eigenvalue weighted by Gasteiger charge is -2.32. The molecule has 150 valence electrons. The van der Waals surface area contributed by atoms with Gasteiger partial charge in [-0.2, -0.15) is 0 Å². The zero-order valence-corrected chi connectivity index (χ0v) is 17.4. The minimum Gasteiger partial charge on any atom is -0.486 e. The number of para-hydroxylation sites is 3. The van der Waals surface area contributed by atoms with E-state index >= 15 is 0 Å². The van der Waals surface area contributed by atoms with E-state index in [-0.39, 0.29) is 30.9 Å². The lowest BCUT2D eigenvalue weighted by Crippen LogP contribution is -2.35. The molecule has 2 aliphatic heterocycles. The number of piperidine rings is 1. The van der Waals surface area contributed by atoms with Gasteiger partial charge < -0.3 is 20.1 Å². The number of ether oxygens (including phenoxy) is 2. The minimum absolute atomic E-state index is 0. The van der Waals surface area contributed by atoms with Gasteiger partial charge in [0, 0.05) is 25.3 Å². The fourth-order valence-electron chi connectivity index (χ4n) is 3.08. The molecule has 0 radical (unpaired) electrons. The SMILES string of the molecule is CC1CCN(c2ccccc2)CC1.Cl.Cl.NCC1COc2ccccc2O1. The molecular formula is C21H30Cl2N2O2. The van der Waals surface area contributed by atoms with Crippen molar-refractivity contribution in [1.82, 2.24) is 0 Å². The van der Waals surface area contributed by atoms with E-state index in [4.69, 9.17) is 15.2 Å². The summed E-state index contributed by atoms with van der Waals surface area (Å²) in [5.41, 5.74) is 6.84. The van der Waals surface area contributed by atoms with Gasteiger partial charge in [0.2, 0.25) is 0 Å². The molecule has 2 aromatic rings. The summed E-state index contributed by atoms with van der Waals surface area (Å²) in [4.78, 5) is 2.49. The molecule has 1 atom stereocenters. The molecule has 2 aromatic carbocycles. The van der Waals surface area contributed by atoms with Crippen molar-refractivity contribution in [2.24, 2.45) is 11.7 Å². The fourth-order valence-corrected chi connectivity index (χ4v) is 3.08. The van der Waals surface area contributed by atoms with Crippen molar-refractivity contribution >= 4 is 30.5 Å². The number of anilines is 1. The molecular weight excluding hydrogens is 383 g/mol. The van der Waals surface area contributed by atoms with Crippen molar-refractivity contribution in [2.75, 3.05) is 31.1 Å². The number of nitrogens with two attached hydrogens (primary N) is 1. The number of nitrogens with zero attached hydrogens (tertiary/aromatic N) is 1. The highest BCUT2D eigenvalue weighted by molar-refractivity contribution is 5.85. The average molecular weight is 413 g/mol. The quantitative estimate of drug-likeness (QED) is 0.785. The number of fused-ring (bicyclic) bond motifs is 1. The van der Waals surface area contributed by atoms with E-state index in [1.54, 1.807) is 0 Å². The second-order valence-corrected chi connectivity index (χ2v) is 6.74. The van der Waals surface area contributed by atoms with Crippen molar-refractivity contribution in [1.29, 1.82) is 0 Å². The molecule has 1 unspecified atom stereocenters. The number of hydrogen-bond donors (Lipinski definition) is 1. The van der Waals surface area contributed by atoms with Gasteiger partial charge >= 0.3 is 0 Å². The van der Waals surface area contributed by atoms with Crippen LogP contribution in [0.25, 0.3) is 0 Å². The van der Waals surface area contributed by atoms with Crippen LogP contribution in [0.3, 0.4) is 0 Å². The highest BCUT2D eigenvalue weighted by atomic mass is 35.5. The normalized spacial score (nSPS) is 18.3. The van der Waals surface area contributed by atoms with Gasteiger partial charge in [-0.05, 0) is 43.0 Å². The molecule has 6 heteroatoms. The van der Waals surface area contributed by atoms with Gasteiger partial charge in [-0.3, -0.25) is 0 Å². The molecule has 1 saturated heterocycles. The molecule has 0 spiro atoms. The lowest BCUT2D eigenvalue weighted by molar-refractivity contribution is 0.0969. The Morgan fingerprint density at radius 3 is 2.15 bits per heavy atom. The summed E-state index contributed by atoms with van der Waals surface area (Å²) < 4.78 is 11.0. The Bertz CT molecular complexity index is 650. The maximum Gasteiger partial charge on any atom is 0.161 e. The van der Waals surface area contributed by atoms with Gasteiger partial charge in [-0.1, -0.05) is 37.3 Å². The second-order valence-electron chi connectivity index (χ2n) is 6.74. The predicted octanol–water partition coefficient (Wildman–Crippen LogP) is 4.55. The molecule has 4 rings (SSSR count). The van der Waals surface area contributed by atoms with Gasteiger partial charge in [-0.25, -0.2) is 0 Å². The molecule has 27 heavy (non-hydrogen) atoms. The topological polar surface area (TPSA) is 47.7 Å². The van der Waals surface area contributed by atoms with E-state index in [1.165, 1.54) is 31.6 Å². The van der Waals surface area contributed by atoms with Gasteiger partial charge in [-0.15, -0.1) is 24.8 Å². The van der Waals surface area contributed by atoms with Crippen LogP contribution in [0.2, 0.25) is 0 Å². The third-order valence-corrected chi connectivity index (χ3v) is 4.74. The first-order valence-corrected chi connectivity index (χ1v) is 9.15. The van der Waals surface area contributed by atoms with Crippen LogP contribution in [0.15, 0.2) is 54.6 Å². The summed E-state index contributed by atoms with van der Waals surface area (Å²) in [5, 5.41) is 0. The molecule has 0 amide bonds. The van der Waals surface area contributed by atoms with Crippen molar-refractivity contribution in [3.05, 3.63) is 54.6 Å². The molecule has 0 saturated carbocycles. The van der Waals surface area contributed by atoms with Gasteiger partial charge in [0.25, 0.3) is 0 Å². The average Bonchev–Trinajstić information content (AvgIpc) is 2.69. The van der Waals surface area contributed by atoms with Crippen LogP contribution < -0.4 is 20.1 Å². The molecule has 2 aliphatic rings. The highest BCUT2D eigenvalue weighted by Crippen LogP contribution is 2.30. The second kappa shape index (κ2) is 12.0.